The number of nitrogens with zero attached hydrogens (tertiary/aromatic N) is 5. The molecule has 9 nitrogen and oxygen atoms in total. The van der Waals surface area contributed by atoms with E-state index in [-0.39, 0.29) is 23.7 Å². The highest BCUT2D eigenvalue weighted by Crippen LogP contribution is 2.35. The van der Waals surface area contributed by atoms with Crippen molar-refractivity contribution in [2.45, 2.75) is 37.5 Å². The number of likely N-dealkylation sites (tertiary alicyclic amines) is 1. The zero-order chi connectivity index (χ0) is 25.3. The van der Waals surface area contributed by atoms with Gasteiger partial charge in [-0.2, -0.15) is 17.9 Å². The van der Waals surface area contributed by atoms with Gasteiger partial charge < -0.3 is 20.3 Å². The van der Waals surface area contributed by atoms with Gasteiger partial charge in [-0.15, -0.1) is 5.10 Å². The summed E-state index contributed by atoms with van der Waals surface area (Å²) in [6.45, 7) is 1.99. The minimum absolute atomic E-state index is 0.0470. The van der Waals surface area contributed by atoms with Gasteiger partial charge in [0.25, 0.3) is 5.82 Å². The third-order valence-corrected chi connectivity index (χ3v) is 6.71. The van der Waals surface area contributed by atoms with E-state index in [9.17, 15) is 18.0 Å². The first-order valence-corrected chi connectivity index (χ1v) is 11.7. The molecule has 190 valence electrons. The van der Waals surface area contributed by atoms with Crippen molar-refractivity contribution < 1.29 is 22.7 Å². The number of rotatable bonds is 5. The van der Waals surface area contributed by atoms with Crippen LogP contribution < -0.4 is 15.4 Å². The molecule has 2 N–H and O–H groups in total. The molecule has 2 aromatic carbocycles. The summed E-state index contributed by atoms with van der Waals surface area (Å²) in [5.74, 6) is -0.441. The highest BCUT2D eigenvalue weighted by Gasteiger charge is 2.39. The topological polar surface area (TPSA) is 97.2 Å². The van der Waals surface area contributed by atoms with Gasteiger partial charge in [-0.25, -0.2) is 4.79 Å². The fraction of sp³-hybridized carbons (Fsp3) is 0.417. The molecule has 1 fully saturated rings. The molecule has 1 aromatic heterocycles. The molecule has 0 aliphatic carbocycles. The summed E-state index contributed by atoms with van der Waals surface area (Å²) in [5, 5.41) is 16.3. The largest absolute Gasteiger partial charge is 0.493 e. The molecule has 2 aliphatic rings. The van der Waals surface area contributed by atoms with Gasteiger partial charge in [0.1, 0.15) is 5.75 Å². The molecule has 1 saturated heterocycles. The van der Waals surface area contributed by atoms with E-state index in [1.807, 2.05) is 30.3 Å². The number of carbonyl (C=O) groups is 1. The first-order valence-electron chi connectivity index (χ1n) is 11.7. The molecular formula is C24H26F3N7O2. The summed E-state index contributed by atoms with van der Waals surface area (Å²) in [4.78, 5) is 14.1. The summed E-state index contributed by atoms with van der Waals surface area (Å²) < 4.78 is 46.8. The molecule has 2 unspecified atom stereocenters. The highest BCUT2D eigenvalue weighted by atomic mass is 19.4. The molecule has 5 rings (SSSR count). The fourth-order valence-corrected chi connectivity index (χ4v) is 4.98. The Bertz CT molecular complexity index is 1230. The Hall–Kier alpha value is -3.67. The quantitative estimate of drug-likeness (QED) is 0.558. The van der Waals surface area contributed by atoms with Gasteiger partial charge in [-0.05, 0) is 40.1 Å². The van der Waals surface area contributed by atoms with Gasteiger partial charge in [0, 0.05) is 50.6 Å². The van der Waals surface area contributed by atoms with E-state index >= 15 is 0 Å². The highest BCUT2D eigenvalue weighted by molar-refractivity contribution is 5.74. The van der Waals surface area contributed by atoms with E-state index in [2.05, 4.69) is 26.2 Å². The maximum absolute atomic E-state index is 13.4. The Morgan fingerprint density at radius 3 is 2.78 bits per heavy atom. The number of alkyl halides is 3. The average molecular weight is 502 g/mol. The maximum Gasteiger partial charge on any atom is 0.453 e. The van der Waals surface area contributed by atoms with Gasteiger partial charge in [0.2, 0.25) is 0 Å². The van der Waals surface area contributed by atoms with Crippen molar-refractivity contribution in [3.63, 3.8) is 0 Å². The monoisotopic (exact) mass is 501 g/mol. The van der Waals surface area contributed by atoms with Gasteiger partial charge in [-0.1, -0.05) is 30.3 Å². The molecule has 0 radical (unpaired) electrons. The second-order valence-electron chi connectivity index (χ2n) is 8.90. The molecule has 2 amide bonds. The number of hydrogen-bond donors (Lipinski definition) is 2. The summed E-state index contributed by atoms with van der Waals surface area (Å²) in [6.07, 6.45) is -3.36. The predicted octanol–water partition coefficient (Wildman–Crippen LogP) is 2.90. The maximum atomic E-state index is 13.4. The SMILES string of the molecule is CNC(=O)N1CCC(NCc2cc(-n3nnnc3C(F)(F)F)cc3c2OCC3)C(c2ccccc2)C1. The van der Waals surface area contributed by atoms with E-state index in [4.69, 9.17) is 4.74 Å². The Labute approximate surface area is 205 Å². The zero-order valence-corrected chi connectivity index (χ0v) is 19.6. The number of halogens is 3. The normalized spacial score (nSPS) is 19.6. The van der Waals surface area contributed by atoms with E-state index < -0.39 is 12.0 Å². The van der Waals surface area contributed by atoms with Gasteiger partial charge in [0.05, 0.1) is 12.3 Å². The number of urea groups is 1. The second kappa shape index (κ2) is 9.76. The summed E-state index contributed by atoms with van der Waals surface area (Å²) in [5.41, 5.74) is 2.91. The van der Waals surface area contributed by atoms with Crippen LogP contribution in [0.4, 0.5) is 18.0 Å². The number of amides is 2. The van der Waals surface area contributed by atoms with E-state index in [0.29, 0.717) is 38.4 Å². The van der Waals surface area contributed by atoms with E-state index in [0.717, 1.165) is 27.8 Å². The van der Waals surface area contributed by atoms with Crippen molar-refractivity contribution in [3.8, 4) is 11.4 Å². The van der Waals surface area contributed by atoms with Crippen LogP contribution in [-0.4, -0.2) is 63.9 Å². The van der Waals surface area contributed by atoms with Crippen LogP contribution in [0.3, 0.4) is 0 Å². The first-order chi connectivity index (χ1) is 17.3. The lowest BCUT2D eigenvalue weighted by molar-refractivity contribution is -0.146. The predicted molar refractivity (Wildman–Crippen MR) is 124 cm³/mol. The number of piperidine rings is 1. The third-order valence-electron chi connectivity index (χ3n) is 6.71. The number of nitrogens with one attached hydrogen (secondary N) is 2. The molecule has 2 aliphatic heterocycles. The van der Waals surface area contributed by atoms with Crippen LogP contribution in [0, 0.1) is 0 Å². The molecule has 3 aromatic rings. The Morgan fingerprint density at radius 2 is 2.03 bits per heavy atom. The summed E-state index contributed by atoms with van der Waals surface area (Å²) in [6, 6.07) is 13.2. The fourth-order valence-electron chi connectivity index (χ4n) is 4.98. The van der Waals surface area contributed by atoms with Crippen molar-refractivity contribution in [1.29, 1.82) is 0 Å². The Morgan fingerprint density at radius 1 is 1.22 bits per heavy atom. The van der Waals surface area contributed by atoms with Gasteiger partial charge in [0.15, 0.2) is 0 Å². The first kappa shape index (κ1) is 24.0. The molecule has 0 saturated carbocycles. The number of aromatic nitrogens is 4. The van der Waals surface area contributed by atoms with Crippen molar-refractivity contribution in [2.75, 3.05) is 26.7 Å². The van der Waals surface area contributed by atoms with Crippen LogP contribution in [0.5, 0.6) is 5.75 Å². The summed E-state index contributed by atoms with van der Waals surface area (Å²) >= 11 is 0. The third kappa shape index (κ3) is 4.72. The minimum Gasteiger partial charge on any atom is -0.493 e. The molecule has 36 heavy (non-hydrogen) atoms. The van der Waals surface area contributed by atoms with Crippen LogP contribution in [0.25, 0.3) is 5.69 Å². The number of hydrogen-bond acceptors (Lipinski definition) is 6. The van der Waals surface area contributed by atoms with Crippen LogP contribution in [0.15, 0.2) is 42.5 Å². The lowest BCUT2D eigenvalue weighted by atomic mass is 9.86. The van der Waals surface area contributed by atoms with Crippen molar-refractivity contribution in [2.24, 2.45) is 0 Å². The lowest BCUT2D eigenvalue weighted by Gasteiger charge is -2.39. The Kier molecular flexibility index (Phi) is 6.52. The van der Waals surface area contributed by atoms with Crippen molar-refractivity contribution >= 4 is 6.03 Å². The standard InChI is InChI=1S/C24H26F3N7O2/c1-28-23(35)33-9-7-20(19(14-33)15-5-3-2-4-6-15)29-13-17-12-18(11-16-8-10-36-21(16)17)34-22(24(25,26)27)30-31-32-34/h2-6,11-12,19-20,29H,7-10,13-14H2,1H3,(H,28,35). The number of ether oxygens (including phenoxy) is 1. The average Bonchev–Trinajstić information content (AvgIpc) is 3.57. The van der Waals surface area contributed by atoms with Crippen molar-refractivity contribution in [1.82, 2.24) is 35.7 Å². The van der Waals surface area contributed by atoms with E-state index in [1.54, 1.807) is 24.1 Å². The van der Waals surface area contributed by atoms with Crippen LogP contribution >= 0.6 is 0 Å². The molecule has 2 atom stereocenters. The minimum atomic E-state index is -4.68. The number of tetrazole rings is 1. The van der Waals surface area contributed by atoms with Crippen LogP contribution in [0.1, 0.15) is 34.9 Å². The second-order valence-corrected chi connectivity index (χ2v) is 8.90. The lowest BCUT2D eigenvalue weighted by Crippen LogP contribution is -2.51. The van der Waals surface area contributed by atoms with Crippen molar-refractivity contribution in [3.05, 3.63) is 65.0 Å². The van der Waals surface area contributed by atoms with Crippen LogP contribution in [-0.2, 0) is 19.1 Å². The zero-order valence-electron chi connectivity index (χ0n) is 19.6. The molecule has 3 heterocycles. The summed E-state index contributed by atoms with van der Waals surface area (Å²) in [7, 11) is 1.62. The van der Waals surface area contributed by atoms with Gasteiger partial charge >= 0.3 is 12.2 Å². The number of benzene rings is 2. The molecular weight excluding hydrogens is 475 g/mol. The number of fused-ring (bicyclic) bond motifs is 1. The Balaban J connectivity index is 1.41. The van der Waals surface area contributed by atoms with Gasteiger partial charge in [-0.3, -0.25) is 0 Å². The molecule has 12 heteroatoms. The number of carbonyl (C=O) groups excluding carboxylic acids is 1. The van der Waals surface area contributed by atoms with E-state index in [1.165, 1.54) is 0 Å². The molecule has 0 bridgehead atoms. The van der Waals surface area contributed by atoms with Crippen LogP contribution in [0.2, 0.25) is 0 Å². The smallest absolute Gasteiger partial charge is 0.453 e. The molecule has 0 spiro atoms.